The van der Waals surface area contributed by atoms with E-state index in [0.29, 0.717) is 10.4 Å². The smallest absolute Gasteiger partial charge is 0.153 e. The first kappa shape index (κ1) is 14.0. The number of rotatable bonds is 5. The van der Waals surface area contributed by atoms with Crippen LogP contribution >= 0.6 is 15.9 Å². The number of hydrogen-bond acceptors (Lipinski definition) is 4. The summed E-state index contributed by atoms with van der Waals surface area (Å²) in [5.74, 6) is 0.573. The van der Waals surface area contributed by atoms with Crippen LogP contribution in [0.4, 0.5) is 0 Å². The number of halogens is 1. The van der Waals surface area contributed by atoms with Crippen LogP contribution in [-0.4, -0.2) is 22.7 Å². The summed E-state index contributed by atoms with van der Waals surface area (Å²) >= 11 is 3.32. The zero-order valence-corrected chi connectivity index (χ0v) is 11.8. The average molecular weight is 323 g/mol. The predicted octanol–water partition coefficient (Wildman–Crippen LogP) is 2.28. The summed E-state index contributed by atoms with van der Waals surface area (Å²) in [7, 11) is 0. The molecule has 1 aromatic carbocycles. The van der Waals surface area contributed by atoms with Crippen LogP contribution in [0.2, 0.25) is 0 Å². The second kappa shape index (κ2) is 6.65. The molecule has 0 aliphatic carbocycles. The lowest BCUT2D eigenvalue weighted by Crippen LogP contribution is -2.31. The molecule has 100 valence electrons. The van der Waals surface area contributed by atoms with E-state index in [9.17, 15) is 5.11 Å². The fourth-order valence-electron chi connectivity index (χ4n) is 1.73. The number of aliphatic hydroxyl groups excluding tert-OH is 1. The van der Waals surface area contributed by atoms with Crippen LogP contribution in [0.3, 0.4) is 0 Å². The van der Waals surface area contributed by atoms with Crippen molar-refractivity contribution in [1.82, 2.24) is 4.98 Å². The monoisotopic (exact) mass is 322 g/mol. The fourth-order valence-corrected chi connectivity index (χ4v) is 2.07. The van der Waals surface area contributed by atoms with Crippen molar-refractivity contribution in [1.29, 1.82) is 0 Å². The highest BCUT2D eigenvalue weighted by Crippen LogP contribution is 2.29. The Morgan fingerprint density at radius 3 is 2.58 bits per heavy atom. The molecule has 0 spiro atoms. The van der Waals surface area contributed by atoms with Crippen LogP contribution < -0.4 is 10.5 Å². The van der Waals surface area contributed by atoms with Gasteiger partial charge in [0.05, 0.1) is 0 Å². The first-order valence-corrected chi connectivity index (χ1v) is 6.72. The molecule has 1 heterocycles. The molecule has 0 saturated heterocycles. The molecule has 5 heteroatoms. The standard InChI is InChI=1S/C14H15BrN2O2/c15-14-12(7-4-8-17-14)19-13(11(18)9-16)10-5-2-1-3-6-10/h1-8,11,13,18H,9,16H2/t11-,13-/m0/s1. The van der Waals surface area contributed by atoms with Gasteiger partial charge in [-0.3, -0.25) is 0 Å². The summed E-state index contributed by atoms with van der Waals surface area (Å²) < 4.78 is 6.44. The minimum absolute atomic E-state index is 0.122. The van der Waals surface area contributed by atoms with Gasteiger partial charge in [-0.1, -0.05) is 30.3 Å². The molecular weight excluding hydrogens is 308 g/mol. The second-order valence-corrected chi connectivity index (χ2v) is 4.80. The number of aromatic nitrogens is 1. The summed E-state index contributed by atoms with van der Waals surface area (Å²) in [5, 5.41) is 10.0. The third-order valence-corrected chi connectivity index (χ3v) is 3.29. The Morgan fingerprint density at radius 1 is 1.21 bits per heavy atom. The third-order valence-electron chi connectivity index (χ3n) is 2.70. The molecule has 0 amide bonds. The van der Waals surface area contributed by atoms with E-state index in [-0.39, 0.29) is 6.54 Å². The number of nitrogens with zero attached hydrogens (tertiary/aromatic N) is 1. The van der Waals surface area contributed by atoms with Crippen LogP contribution in [0.25, 0.3) is 0 Å². The zero-order valence-electron chi connectivity index (χ0n) is 10.2. The number of aliphatic hydroxyl groups is 1. The Hall–Kier alpha value is -1.43. The lowest BCUT2D eigenvalue weighted by atomic mass is 10.0. The van der Waals surface area contributed by atoms with E-state index in [0.717, 1.165) is 5.56 Å². The SMILES string of the molecule is NC[C@H](O)[C@@H](Oc1cccnc1Br)c1ccccc1. The highest BCUT2D eigenvalue weighted by atomic mass is 79.9. The van der Waals surface area contributed by atoms with Gasteiger partial charge >= 0.3 is 0 Å². The van der Waals surface area contributed by atoms with Gasteiger partial charge in [0.2, 0.25) is 0 Å². The minimum atomic E-state index is -0.783. The fraction of sp³-hybridized carbons (Fsp3) is 0.214. The van der Waals surface area contributed by atoms with Crippen molar-refractivity contribution in [2.24, 2.45) is 5.73 Å². The molecule has 0 unspecified atom stereocenters. The van der Waals surface area contributed by atoms with Gasteiger partial charge < -0.3 is 15.6 Å². The van der Waals surface area contributed by atoms with E-state index < -0.39 is 12.2 Å². The Labute approximate surface area is 120 Å². The van der Waals surface area contributed by atoms with Crippen molar-refractivity contribution in [2.45, 2.75) is 12.2 Å². The van der Waals surface area contributed by atoms with E-state index >= 15 is 0 Å². The van der Waals surface area contributed by atoms with Gasteiger partial charge in [0.1, 0.15) is 10.7 Å². The number of ether oxygens (including phenoxy) is 1. The van der Waals surface area contributed by atoms with Gasteiger partial charge in [-0.05, 0) is 33.6 Å². The summed E-state index contributed by atoms with van der Waals surface area (Å²) in [6, 6.07) is 13.1. The van der Waals surface area contributed by atoms with E-state index in [4.69, 9.17) is 10.5 Å². The molecule has 19 heavy (non-hydrogen) atoms. The van der Waals surface area contributed by atoms with Crippen LogP contribution in [-0.2, 0) is 0 Å². The Kier molecular flexibility index (Phi) is 4.90. The average Bonchev–Trinajstić information content (AvgIpc) is 2.46. The quantitative estimate of drug-likeness (QED) is 0.829. The Balaban J connectivity index is 2.27. The maximum absolute atomic E-state index is 10.0. The molecule has 0 aliphatic heterocycles. The van der Waals surface area contributed by atoms with Crippen LogP contribution in [0.1, 0.15) is 11.7 Å². The number of pyridine rings is 1. The zero-order chi connectivity index (χ0) is 13.7. The molecular formula is C14H15BrN2O2. The van der Waals surface area contributed by atoms with E-state index in [2.05, 4.69) is 20.9 Å². The Morgan fingerprint density at radius 2 is 1.95 bits per heavy atom. The number of hydrogen-bond donors (Lipinski definition) is 2. The largest absolute Gasteiger partial charge is 0.480 e. The summed E-state index contributed by atoms with van der Waals surface area (Å²) in [5.41, 5.74) is 6.42. The van der Waals surface area contributed by atoms with E-state index in [1.807, 2.05) is 30.3 Å². The first-order chi connectivity index (χ1) is 9.22. The second-order valence-electron chi connectivity index (χ2n) is 4.04. The van der Waals surface area contributed by atoms with Crippen LogP contribution in [0, 0.1) is 0 Å². The lowest BCUT2D eigenvalue weighted by molar-refractivity contribution is 0.0406. The third kappa shape index (κ3) is 3.53. The predicted molar refractivity (Wildman–Crippen MR) is 76.8 cm³/mol. The molecule has 4 nitrogen and oxygen atoms in total. The normalized spacial score (nSPS) is 13.8. The first-order valence-electron chi connectivity index (χ1n) is 5.92. The van der Waals surface area contributed by atoms with Gasteiger partial charge in [0.15, 0.2) is 11.9 Å². The molecule has 2 rings (SSSR count). The number of nitrogens with two attached hydrogens (primary N) is 1. The van der Waals surface area contributed by atoms with Gasteiger partial charge in [0, 0.05) is 12.7 Å². The molecule has 1 aromatic heterocycles. The maximum Gasteiger partial charge on any atom is 0.153 e. The molecule has 0 radical (unpaired) electrons. The molecule has 2 atom stereocenters. The molecule has 0 bridgehead atoms. The highest BCUT2D eigenvalue weighted by Gasteiger charge is 2.22. The minimum Gasteiger partial charge on any atom is -0.480 e. The van der Waals surface area contributed by atoms with Gasteiger partial charge in [-0.2, -0.15) is 0 Å². The van der Waals surface area contributed by atoms with Crippen LogP contribution in [0.5, 0.6) is 5.75 Å². The van der Waals surface area contributed by atoms with Gasteiger partial charge in [-0.15, -0.1) is 0 Å². The van der Waals surface area contributed by atoms with Crippen LogP contribution in [0.15, 0.2) is 53.3 Å². The van der Waals surface area contributed by atoms with Crippen molar-refractivity contribution in [3.05, 3.63) is 58.8 Å². The van der Waals surface area contributed by atoms with E-state index in [1.54, 1.807) is 18.3 Å². The summed E-state index contributed by atoms with van der Waals surface area (Å²) in [6.07, 6.45) is 0.356. The summed E-state index contributed by atoms with van der Waals surface area (Å²) in [4.78, 5) is 4.09. The maximum atomic E-state index is 10.0. The highest BCUT2D eigenvalue weighted by molar-refractivity contribution is 9.10. The molecule has 0 fully saturated rings. The van der Waals surface area contributed by atoms with E-state index in [1.165, 1.54) is 0 Å². The van der Waals surface area contributed by atoms with Crippen molar-refractivity contribution in [2.75, 3.05) is 6.54 Å². The molecule has 3 N–H and O–H groups in total. The van der Waals surface area contributed by atoms with Crippen molar-refractivity contribution < 1.29 is 9.84 Å². The summed E-state index contributed by atoms with van der Waals surface area (Å²) in [6.45, 7) is 0.122. The molecule has 0 aliphatic rings. The van der Waals surface area contributed by atoms with Crippen molar-refractivity contribution in [3.8, 4) is 5.75 Å². The Bertz CT molecular complexity index is 522. The topological polar surface area (TPSA) is 68.4 Å². The number of benzene rings is 1. The van der Waals surface area contributed by atoms with Crippen molar-refractivity contribution >= 4 is 15.9 Å². The van der Waals surface area contributed by atoms with Gasteiger partial charge in [-0.25, -0.2) is 4.98 Å². The van der Waals surface area contributed by atoms with Crippen molar-refractivity contribution in [3.63, 3.8) is 0 Å². The molecule has 0 saturated carbocycles. The molecule has 2 aromatic rings. The van der Waals surface area contributed by atoms with Gasteiger partial charge in [0.25, 0.3) is 0 Å². The lowest BCUT2D eigenvalue weighted by Gasteiger charge is -2.24.